The smallest absolute Gasteiger partial charge is 0.341 e. The number of likely N-dealkylation sites (tertiary alicyclic amines) is 1. The third-order valence-electron chi connectivity index (χ3n) is 6.64. The van der Waals surface area contributed by atoms with Gasteiger partial charge in [0.2, 0.25) is 5.91 Å². The van der Waals surface area contributed by atoms with Gasteiger partial charge in [-0.3, -0.25) is 9.59 Å². The summed E-state index contributed by atoms with van der Waals surface area (Å²) in [6, 6.07) is 0. The molecule has 0 bridgehead atoms. The van der Waals surface area contributed by atoms with Crippen LogP contribution in [0.5, 0.6) is 0 Å². The molecule has 3 aliphatic rings. The first-order chi connectivity index (χ1) is 14.0. The Morgan fingerprint density at radius 1 is 1.07 bits per heavy atom. The molecule has 2 fully saturated rings. The first-order valence-electron chi connectivity index (χ1n) is 10.9. The fourth-order valence-corrected chi connectivity index (χ4v) is 6.47. The van der Waals surface area contributed by atoms with Crippen molar-refractivity contribution in [2.45, 2.75) is 64.7 Å². The molecule has 6 nitrogen and oxygen atoms in total. The van der Waals surface area contributed by atoms with Gasteiger partial charge in [-0.2, -0.15) is 0 Å². The Morgan fingerprint density at radius 3 is 2.62 bits per heavy atom. The summed E-state index contributed by atoms with van der Waals surface area (Å²) < 4.78 is 5.45. The lowest BCUT2D eigenvalue weighted by Gasteiger charge is -2.41. The quantitative estimate of drug-likeness (QED) is 0.755. The maximum Gasteiger partial charge on any atom is 0.341 e. The highest BCUT2D eigenvalue weighted by molar-refractivity contribution is 7.17. The number of carbonyl (C=O) groups excluding carboxylic acids is 3. The highest BCUT2D eigenvalue weighted by Crippen LogP contribution is 2.39. The van der Waals surface area contributed by atoms with E-state index < -0.39 is 5.97 Å². The SMILES string of the molecule is CC(=O)Nc1sc2c(c1C(=O)OCC(=O)N1CC[C@H]3CCCC[C@H]3C1)CCCC2. The normalized spacial score (nSPS) is 23.7. The van der Waals surface area contributed by atoms with Crippen molar-refractivity contribution < 1.29 is 19.1 Å². The molecule has 2 atom stereocenters. The van der Waals surface area contributed by atoms with Crippen LogP contribution < -0.4 is 5.32 Å². The second-order valence-corrected chi connectivity index (χ2v) is 9.71. The van der Waals surface area contributed by atoms with Crippen LogP contribution in [0.2, 0.25) is 0 Å². The monoisotopic (exact) mass is 418 g/mol. The molecule has 0 radical (unpaired) electrons. The van der Waals surface area contributed by atoms with Gasteiger partial charge in [-0.05, 0) is 55.9 Å². The molecule has 2 aliphatic carbocycles. The number of ether oxygens (including phenoxy) is 1. The van der Waals surface area contributed by atoms with Gasteiger partial charge in [-0.25, -0.2) is 4.79 Å². The van der Waals surface area contributed by atoms with E-state index in [1.165, 1.54) is 43.9 Å². The van der Waals surface area contributed by atoms with Gasteiger partial charge in [0.1, 0.15) is 5.00 Å². The summed E-state index contributed by atoms with van der Waals surface area (Å²) in [6.07, 6.45) is 9.99. The van der Waals surface area contributed by atoms with Crippen LogP contribution in [0, 0.1) is 11.8 Å². The van der Waals surface area contributed by atoms with Crippen LogP contribution in [0.15, 0.2) is 0 Å². The summed E-state index contributed by atoms with van der Waals surface area (Å²) in [7, 11) is 0. The van der Waals surface area contributed by atoms with E-state index in [1.54, 1.807) is 0 Å². The van der Waals surface area contributed by atoms with Crippen molar-refractivity contribution in [1.29, 1.82) is 0 Å². The van der Waals surface area contributed by atoms with E-state index in [-0.39, 0.29) is 18.4 Å². The Morgan fingerprint density at radius 2 is 1.83 bits per heavy atom. The number of nitrogens with zero attached hydrogens (tertiary/aromatic N) is 1. The third kappa shape index (κ3) is 4.49. The predicted molar refractivity (Wildman–Crippen MR) is 112 cm³/mol. The largest absolute Gasteiger partial charge is 0.452 e. The number of anilines is 1. The number of nitrogens with one attached hydrogen (secondary N) is 1. The van der Waals surface area contributed by atoms with Crippen LogP contribution in [0.25, 0.3) is 0 Å². The predicted octanol–water partition coefficient (Wildman–Crippen LogP) is 3.78. The molecular weight excluding hydrogens is 388 g/mol. The van der Waals surface area contributed by atoms with Crippen LogP contribution >= 0.6 is 11.3 Å². The first-order valence-corrected chi connectivity index (χ1v) is 11.7. The summed E-state index contributed by atoms with van der Waals surface area (Å²) >= 11 is 1.47. The molecule has 7 heteroatoms. The maximum absolute atomic E-state index is 12.9. The lowest BCUT2D eigenvalue weighted by Crippen LogP contribution is -2.46. The molecule has 1 aliphatic heterocycles. The van der Waals surface area contributed by atoms with Crippen molar-refractivity contribution >= 4 is 34.1 Å². The molecule has 1 saturated heterocycles. The van der Waals surface area contributed by atoms with E-state index in [9.17, 15) is 14.4 Å². The third-order valence-corrected chi connectivity index (χ3v) is 7.84. The van der Waals surface area contributed by atoms with E-state index in [0.29, 0.717) is 16.5 Å². The number of thiophene rings is 1. The molecule has 1 aromatic heterocycles. The summed E-state index contributed by atoms with van der Waals surface area (Å²) in [5, 5.41) is 3.34. The standard InChI is InChI=1S/C22H30N2O4S/c1-14(25)23-21-20(17-8-4-5-9-18(17)29-21)22(27)28-13-19(26)24-11-10-15-6-2-3-7-16(15)12-24/h15-16H,2-13H2,1H3,(H,23,25)/t15-,16+/m1/s1. The summed E-state index contributed by atoms with van der Waals surface area (Å²) in [5.74, 6) is 0.561. The van der Waals surface area contributed by atoms with Gasteiger partial charge < -0.3 is 15.0 Å². The highest BCUT2D eigenvalue weighted by Gasteiger charge is 2.33. The number of hydrogen-bond acceptors (Lipinski definition) is 5. The van der Waals surface area contributed by atoms with E-state index in [1.807, 2.05) is 4.90 Å². The van der Waals surface area contributed by atoms with Crippen molar-refractivity contribution in [3.8, 4) is 0 Å². The fraction of sp³-hybridized carbons (Fsp3) is 0.682. The molecule has 4 rings (SSSR count). The molecular formula is C22H30N2O4S. The summed E-state index contributed by atoms with van der Waals surface area (Å²) in [6.45, 7) is 2.78. The Labute approximate surface area is 176 Å². The average molecular weight is 419 g/mol. The molecule has 1 saturated carbocycles. The molecule has 2 heterocycles. The van der Waals surface area contributed by atoms with Crippen molar-refractivity contribution in [2.24, 2.45) is 11.8 Å². The molecule has 0 unspecified atom stereocenters. The number of carbonyl (C=O) groups is 3. The number of hydrogen-bond donors (Lipinski definition) is 1. The minimum absolute atomic E-state index is 0.104. The number of esters is 1. The number of aryl methyl sites for hydroxylation is 1. The zero-order valence-electron chi connectivity index (χ0n) is 17.1. The molecule has 0 aromatic carbocycles. The van der Waals surface area contributed by atoms with Gasteiger partial charge in [-0.15, -0.1) is 11.3 Å². The number of fused-ring (bicyclic) bond motifs is 2. The zero-order chi connectivity index (χ0) is 20.4. The molecule has 1 N–H and O–H groups in total. The molecule has 29 heavy (non-hydrogen) atoms. The van der Waals surface area contributed by atoms with Crippen molar-refractivity contribution in [3.63, 3.8) is 0 Å². The molecule has 2 amide bonds. The van der Waals surface area contributed by atoms with Crippen molar-refractivity contribution in [3.05, 3.63) is 16.0 Å². The lowest BCUT2D eigenvalue weighted by atomic mass is 9.75. The number of amides is 2. The zero-order valence-corrected chi connectivity index (χ0v) is 17.9. The molecule has 158 valence electrons. The minimum Gasteiger partial charge on any atom is -0.452 e. The van der Waals surface area contributed by atoms with Crippen molar-refractivity contribution in [2.75, 3.05) is 25.0 Å². The summed E-state index contributed by atoms with van der Waals surface area (Å²) in [5.41, 5.74) is 1.45. The minimum atomic E-state index is -0.492. The topological polar surface area (TPSA) is 75.7 Å². The first kappa shape index (κ1) is 20.4. The van der Waals surface area contributed by atoms with Crippen molar-refractivity contribution in [1.82, 2.24) is 4.90 Å². The summed E-state index contributed by atoms with van der Waals surface area (Å²) in [4.78, 5) is 40.1. The fourth-order valence-electron chi connectivity index (χ4n) is 5.15. The van der Waals surface area contributed by atoms with Gasteiger partial charge >= 0.3 is 5.97 Å². The van der Waals surface area contributed by atoms with Gasteiger partial charge in [0, 0.05) is 24.9 Å². The second-order valence-electron chi connectivity index (χ2n) is 8.61. The lowest BCUT2D eigenvalue weighted by molar-refractivity contribution is -0.137. The maximum atomic E-state index is 12.9. The van der Waals surface area contributed by atoms with E-state index in [0.717, 1.165) is 61.6 Å². The van der Waals surface area contributed by atoms with Crippen LogP contribution in [0.3, 0.4) is 0 Å². The Balaban J connectivity index is 1.40. The van der Waals surface area contributed by atoms with E-state index in [2.05, 4.69) is 5.32 Å². The number of piperidine rings is 1. The number of rotatable bonds is 4. The second kappa shape index (κ2) is 8.86. The molecule has 1 aromatic rings. The highest BCUT2D eigenvalue weighted by atomic mass is 32.1. The molecule has 0 spiro atoms. The van der Waals surface area contributed by atoms with E-state index in [4.69, 9.17) is 4.74 Å². The van der Waals surface area contributed by atoms with Gasteiger partial charge in [0.25, 0.3) is 5.91 Å². The van der Waals surface area contributed by atoms with Crippen LogP contribution in [0.4, 0.5) is 5.00 Å². The Bertz CT molecular complexity index is 803. The van der Waals surface area contributed by atoms with Crippen LogP contribution in [-0.4, -0.2) is 42.4 Å². The van der Waals surface area contributed by atoms with Gasteiger partial charge in [0.05, 0.1) is 5.56 Å². The Kier molecular flexibility index (Phi) is 6.23. The van der Waals surface area contributed by atoms with Crippen LogP contribution in [-0.2, 0) is 27.2 Å². The van der Waals surface area contributed by atoms with Crippen LogP contribution in [0.1, 0.15) is 72.7 Å². The van der Waals surface area contributed by atoms with Gasteiger partial charge in [-0.1, -0.05) is 19.3 Å². The van der Waals surface area contributed by atoms with Gasteiger partial charge in [0.15, 0.2) is 6.61 Å². The Hall–Kier alpha value is -1.89. The van der Waals surface area contributed by atoms with E-state index >= 15 is 0 Å². The average Bonchev–Trinajstić information content (AvgIpc) is 3.08.